The Morgan fingerprint density at radius 3 is 2.58 bits per heavy atom. The molecule has 33 heavy (non-hydrogen) atoms. The van der Waals surface area contributed by atoms with E-state index in [2.05, 4.69) is 5.32 Å². The van der Waals surface area contributed by atoms with Gasteiger partial charge in [0, 0.05) is 31.9 Å². The summed E-state index contributed by atoms with van der Waals surface area (Å²) >= 11 is 0. The van der Waals surface area contributed by atoms with E-state index in [1.54, 1.807) is 32.6 Å². The number of rotatable bonds is 5. The number of carboxylic acid groups (broad SMARTS) is 1. The first-order chi connectivity index (χ1) is 15.3. The molecule has 1 aliphatic rings. The molecule has 180 valence electrons. The third-order valence-corrected chi connectivity index (χ3v) is 5.79. The average Bonchev–Trinajstić information content (AvgIpc) is 3.16. The van der Waals surface area contributed by atoms with E-state index in [4.69, 9.17) is 4.74 Å². The Kier molecular flexibility index (Phi) is 6.67. The standard InChI is InChI=1S/C23H29F2N3O5/c1-6-27-11-15(21(30)31)20(29)14-9-16(24)19(17(25)18(14)27)28-8-7-13(10-28)12(2)26-22(32)33-23(3,4)5/h9,11-13H,6-8,10H2,1-5H3,(H,26,32)(H,30,31)/t12-,13-/m0/s1. The zero-order valence-electron chi connectivity index (χ0n) is 19.4. The van der Waals surface area contributed by atoms with Gasteiger partial charge in [-0.05, 0) is 53.0 Å². The zero-order valence-corrected chi connectivity index (χ0v) is 19.4. The lowest BCUT2D eigenvalue weighted by Crippen LogP contribution is -2.42. The molecule has 0 unspecified atom stereocenters. The van der Waals surface area contributed by atoms with Crippen LogP contribution in [-0.2, 0) is 11.3 Å². The fourth-order valence-electron chi connectivity index (χ4n) is 4.18. The number of amides is 1. The second-order valence-corrected chi connectivity index (χ2v) is 9.31. The van der Waals surface area contributed by atoms with Gasteiger partial charge < -0.3 is 24.6 Å². The van der Waals surface area contributed by atoms with Gasteiger partial charge in [0.25, 0.3) is 0 Å². The molecule has 1 aliphatic heterocycles. The molecule has 0 aliphatic carbocycles. The van der Waals surface area contributed by atoms with Crippen LogP contribution < -0.4 is 15.6 Å². The van der Waals surface area contributed by atoms with Crippen LogP contribution in [-0.4, -0.2) is 46.5 Å². The van der Waals surface area contributed by atoms with E-state index in [0.717, 1.165) is 12.3 Å². The summed E-state index contributed by atoms with van der Waals surface area (Å²) in [4.78, 5) is 37.5. The monoisotopic (exact) mass is 465 g/mol. The number of carboxylic acids is 1. The highest BCUT2D eigenvalue weighted by molar-refractivity contribution is 5.93. The molecular formula is C23H29F2N3O5. The number of aromatic nitrogens is 1. The molecule has 2 atom stereocenters. The van der Waals surface area contributed by atoms with Gasteiger partial charge in [0.05, 0.1) is 10.9 Å². The summed E-state index contributed by atoms with van der Waals surface area (Å²) in [5, 5.41) is 11.7. The molecule has 0 radical (unpaired) electrons. The molecule has 0 spiro atoms. The smallest absolute Gasteiger partial charge is 0.407 e. The van der Waals surface area contributed by atoms with E-state index < -0.39 is 40.3 Å². The van der Waals surface area contributed by atoms with Crippen LogP contribution in [0.5, 0.6) is 0 Å². The number of nitrogens with one attached hydrogen (secondary N) is 1. The van der Waals surface area contributed by atoms with E-state index in [-0.39, 0.29) is 35.1 Å². The van der Waals surface area contributed by atoms with Crippen molar-refractivity contribution in [3.63, 3.8) is 0 Å². The third-order valence-electron chi connectivity index (χ3n) is 5.79. The minimum Gasteiger partial charge on any atom is -0.477 e. The van der Waals surface area contributed by atoms with Crippen molar-refractivity contribution in [2.24, 2.45) is 5.92 Å². The molecule has 2 N–H and O–H groups in total. The Labute approximate surface area is 190 Å². The molecule has 8 nitrogen and oxygen atoms in total. The van der Waals surface area contributed by atoms with Crippen molar-refractivity contribution >= 4 is 28.7 Å². The first kappa shape index (κ1) is 24.5. The molecule has 1 fully saturated rings. The van der Waals surface area contributed by atoms with Gasteiger partial charge in [0.15, 0.2) is 5.82 Å². The fourth-order valence-corrected chi connectivity index (χ4v) is 4.18. The zero-order chi connectivity index (χ0) is 24.7. The Bertz CT molecular complexity index is 1160. The molecule has 0 saturated carbocycles. The Morgan fingerprint density at radius 2 is 2.00 bits per heavy atom. The van der Waals surface area contributed by atoms with E-state index >= 15 is 8.78 Å². The van der Waals surface area contributed by atoms with Crippen LogP contribution in [0.2, 0.25) is 0 Å². The number of hydrogen-bond donors (Lipinski definition) is 2. The lowest BCUT2D eigenvalue weighted by Gasteiger charge is -2.26. The minimum atomic E-state index is -1.46. The van der Waals surface area contributed by atoms with Gasteiger partial charge in [-0.15, -0.1) is 0 Å². The number of carbonyl (C=O) groups is 2. The van der Waals surface area contributed by atoms with Gasteiger partial charge in [0.1, 0.15) is 22.7 Å². The van der Waals surface area contributed by atoms with Crippen molar-refractivity contribution in [3.05, 3.63) is 39.7 Å². The minimum absolute atomic E-state index is 0.0743. The van der Waals surface area contributed by atoms with Crippen LogP contribution >= 0.6 is 0 Å². The summed E-state index contributed by atoms with van der Waals surface area (Å²) in [7, 11) is 0. The van der Waals surface area contributed by atoms with E-state index in [1.807, 2.05) is 6.92 Å². The summed E-state index contributed by atoms with van der Waals surface area (Å²) in [5.41, 5.74) is -2.51. The Hall–Kier alpha value is -3.17. The molecule has 1 saturated heterocycles. The SMILES string of the molecule is CCn1cc(C(=O)O)c(=O)c2cc(F)c(N3CC[C@H]([C@H](C)NC(=O)OC(C)(C)C)C3)c(F)c21. The second kappa shape index (κ2) is 8.99. The number of anilines is 1. The highest BCUT2D eigenvalue weighted by atomic mass is 19.1. The maximum absolute atomic E-state index is 15.6. The van der Waals surface area contributed by atoms with Crippen LogP contribution in [0.25, 0.3) is 10.9 Å². The van der Waals surface area contributed by atoms with Crippen molar-refractivity contribution in [2.75, 3.05) is 18.0 Å². The van der Waals surface area contributed by atoms with Crippen molar-refractivity contribution in [2.45, 2.75) is 59.2 Å². The molecular weight excluding hydrogens is 436 g/mol. The summed E-state index contributed by atoms with van der Waals surface area (Å²) < 4.78 is 37.2. The number of pyridine rings is 1. The molecule has 2 aromatic rings. The van der Waals surface area contributed by atoms with E-state index in [1.165, 1.54) is 4.57 Å². The normalized spacial score (nSPS) is 17.3. The number of aromatic carboxylic acids is 1. The number of hydrogen-bond acceptors (Lipinski definition) is 5. The molecule has 10 heteroatoms. The van der Waals surface area contributed by atoms with Gasteiger partial charge in [-0.25, -0.2) is 18.4 Å². The van der Waals surface area contributed by atoms with Gasteiger partial charge in [-0.1, -0.05) is 0 Å². The summed E-state index contributed by atoms with van der Waals surface area (Å²) in [6.07, 6.45) is 1.11. The molecule has 0 bridgehead atoms. The lowest BCUT2D eigenvalue weighted by atomic mass is 10.0. The number of nitrogens with zero attached hydrogens (tertiary/aromatic N) is 2. The van der Waals surface area contributed by atoms with Crippen LogP contribution in [0, 0.1) is 17.6 Å². The van der Waals surface area contributed by atoms with Crippen LogP contribution in [0.4, 0.5) is 19.3 Å². The molecule has 1 aromatic carbocycles. The van der Waals surface area contributed by atoms with Crippen molar-refractivity contribution in [1.29, 1.82) is 0 Å². The second-order valence-electron chi connectivity index (χ2n) is 9.31. The van der Waals surface area contributed by atoms with Gasteiger partial charge in [0.2, 0.25) is 5.43 Å². The summed E-state index contributed by atoms with van der Waals surface area (Å²) in [5.74, 6) is -3.37. The Balaban J connectivity index is 1.92. The van der Waals surface area contributed by atoms with Crippen LogP contribution in [0.1, 0.15) is 51.4 Å². The number of fused-ring (bicyclic) bond motifs is 1. The summed E-state index contributed by atoms with van der Waals surface area (Å²) in [6.45, 7) is 9.60. The topological polar surface area (TPSA) is 101 Å². The van der Waals surface area contributed by atoms with E-state index in [0.29, 0.717) is 19.5 Å². The van der Waals surface area contributed by atoms with Crippen molar-refractivity contribution in [1.82, 2.24) is 9.88 Å². The number of ether oxygens (including phenoxy) is 1. The molecule has 2 heterocycles. The van der Waals surface area contributed by atoms with Gasteiger partial charge in [-0.2, -0.15) is 0 Å². The third kappa shape index (κ3) is 4.94. The number of benzene rings is 1. The van der Waals surface area contributed by atoms with E-state index in [9.17, 15) is 19.5 Å². The molecule has 3 rings (SSSR count). The first-order valence-electron chi connectivity index (χ1n) is 10.9. The quantitative estimate of drug-likeness (QED) is 0.698. The van der Waals surface area contributed by atoms with Crippen molar-refractivity contribution in [3.8, 4) is 0 Å². The lowest BCUT2D eigenvalue weighted by molar-refractivity contribution is 0.0494. The Morgan fingerprint density at radius 1 is 1.33 bits per heavy atom. The van der Waals surface area contributed by atoms with Crippen LogP contribution in [0.15, 0.2) is 17.1 Å². The predicted octanol–water partition coefficient (Wildman–Crippen LogP) is 3.74. The van der Waals surface area contributed by atoms with Crippen molar-refractivity contribution < 1.29 is 28.2 Å². The fraction of sp³-hybridized carbons (Fsp3) is 0.522. The highest BCUT2D eigenvalue weighted by Gasteiger charge is 2.33. The largest absolute Gasteiger partial charge is 0.477 e. The maximum atomic E-state index is 15.6. The summed E-state index contributed by atoms with van der Waals surface area (Å²) in [6, 6.07) is 0.619. The van der Waals surface area contributed by atoms with Crippen LogP contribution in [0.3, 0.4) is 0 Å². The number of carbonyl (C=O) groups excluding carboxylic acids is 1. The molecule has 1 aromatic heterocycles. The maximum Gasteiger partial charge on any atom is 0.407 e. The predicted molar refractivity (Wildman–Crippen MR) is 120 cm³/mol. The van der Waals surface area contributed by atoms with Gasteiger partial charge >= 0.3 is 12.1 Å². The number of alkyl carbamates (subject to hydrolysis) is 1. The number of halogens is 2. The first-order valence-corrected chi connectivity index (χ1v) is 10.9. The average molecular weight is 465 g/mol. The highest BCUT2D eigenvalue weighted by Crippen LogP contribution is 2.34. The number of aryl methyl sites for hydroxylation is 1. The van der Waals surface area contributed by atoms with Gasteiger partial charge in [-0.3, -0.25) is 4.79 Å². The molecule has 1 amide bonds.